The molecule has 1 atom stereocenters. The van der Waals surface area contributed by atoms with E-state index in [4.69, 9.17) is 23.2 Å². The van der Waals surface area contributed by atoms with Crippen molar-refractivity contribution in [2.24, 2.45) is 5.92 Å². The third-order valence-electron chi connectivity index (χ3n) is 1.48. The number of halogens is 2. The van der Waals surface area contributed by atoms with Gasteiger partial charge in [-0.25, -0.2) is 0 Å². The monoisotopic (exact) mass is 196 g/mol. The van der Waals surface area contributed by atoms with Crippen LogP contribution in [0.3, 0.4) is 0 Å². The highest BCUT2D eigenvalue weighted by Crippen LogP contribution is 2.20. The molecule has 0 saturated carbocycles. The number of rotatable bonds is 5. The van der Waals surface area contributed by atoms with E-state index in [1.54, 1.807) is 0 Å². The third-order valence-corrected chi connectivity index (χ3v) is 2.41. The van der Waals surface area contributed by atoms with Gasteiger partial charge in [-0.05, 0) is 0 Å². The Morgan fingerprint density at radius 2 is 2.00 bits per heavy atom. The lowest BCUT2D eigenvalue weighted by atomic mass is 9.92. The van der Waals surface area contributed by atoms with E-state index in [9.17, 15) is 9.90 Å². The topological polar surface area (TPSA) is 37.3 Å². The van der Waals surface area contributed by atoms with E-state index >= 15 is 0 Å². The molecular formula is C7H10Cl2O2. The van der Waals surface area contributed by atoms with Gasteiger partial charge in [-0.2, -0.15) is 0 Å². The maximum absolute atomic E-state index is 10.4. The number of alkyl halides is 2. The quantitative estimate of drug-likeness (QED) is 0.408. The van der Waals surface area contributed by atoms with Gasteiger partial charge in [0.15, 0.2) is 0 Å². The third kappa shape index (κ3) is 2.47. The molecule has 0 amide bonds. The first-order valence-corrected chi connectivity index (χ1v) is 4.13. The number of hydrogen-bond donors (Lipinski definition) is 1. The minimum absolute atomic E-state index is 0.0775. The summed E-state index contributed by atoms with van der Waals surface area (Å²) in [6.45, 7) is 3.39. The van der Waals surface area contributed by atoms with Crippen LogP contribution in [-0.4, -0.2) is 28.8 Å². The lowest BCUT2D eigenvalue weighted by molar-refractivity contribution is -0.115. The van der Waals surface area contributed by atoms with Gasteiger partial charge >= 0.3 is 0 Å². The van der Waals surface area contributed by atoms with Gasteiger partial charge in [0.2, 0.25) is 0 Å². The fourth-order valence-corrected chi connectivity index (χ4v) is 1.26. The molecule has 64 valence electrons. The highest BCUT2D eigenvalue weighted by molar-refractivity contribution is 6.22. The molecule has 0 fully saturated rings. The predicted octanol–water partition coefficient (Wildman–Crippen LogP) is 1.20. The van der Waals surface area contributed by atoms with Crippen LogP contribution in [0.1, 0.15) is 0 Å². The van der Waals surface area contributed by atoms with E-state index in [0.717, 1.165) is 0 Å². The Morgan fingerprint density at radius 1 is 1.55 bits per heavy atom. The van der Waals surface area contributed by atoms with Crippen molar-refractivity contribution >= 4 is 29.5 Å². The summed E-state index contributed by atoms with van der Waals surface area (Å²) >= 11 is 10.8. The molecule has 0 spiro atoms. The van der Waals surface area contributed by atoms with E-state index in [0.29, 0.717) is 6.29 Å². The van der Waals surface area contributed by atoms with Gasteiger partial charge in [-0.1, -0.05) is 6.08 Å². The van der Waals surface area contributed by atoms with Crippen LogP contribution in [0.15, 0.2) is 12.7 Å². The summed E-state index contributed by atoms with van der Waals surface area (Å²) in [6.07, 6.45) is 1.91. The van der Waals surface area contributed by atoms with E-state index < -0.39 is 11.5 Å². The Balaban J connectivity index is 4.43. The van der Waals surface area contributed by atoms with Crippen LogP contribution in [0.4, 0.5) is 0 Å². The Labute approximate surface area is 75.8 Å². The highest BCUT2D eigenvalue weighted by atomic mass is 35.5. The number of hydrogen-bond acceptors (Lipinski definition) is 2. The molecule has 0 aliphatic heterocycles. The molecule has 2 nitrogen and oxygen atoms in total. The fraction of sp³-hybridized carbons (Fsp3) is 0.571. The maximum atomic E-state index is 10.4. The van der Waals surface area contributed by atoms with Crippen LogP contribution in [0.5, 0.6) is 0 Å². The van der Waals surface area contributed by atoms with Gasteiger partial charge in [-0.15, -0.1) is 29.8 Å². The van der Waals surface area contributed by atoms with Gasteiger partial charge in [0.25, 0.3) is 0 Å². The van der Waals surface area contributed by atoms with Gasteiger partial charge in [0.1, 0.15) is 11.9 Å². The molecule has 11 heavy (non-hydrogen) atoms. The number of carbonyl (C=O) groups is 1. The number of aliphatic hydroxyl groups is 1. The zero-order valence-electron chi connectivity index (χ0n) is 5.96. The molecule has 0 saturated heterocycles. The SMILES string of the molecule is C=CC(C=O)C(O)(CCl)CCl. The van der Waals surface area contributed by atoms with Crippen molar-refractivity contribution in [2.75, 3.05) is 11.8 Å². The summed E-state index contributed by atoms with van der Waals surface area (Å²) in [4.78, 5) is 10.4. The summed E-state index contributed by atoms with van der Waals surface area (Å²) in [6, 6.07) is 0. The summed E-state index contributed by atoms with van der Waals surface area (Å²) in [5, 5.41) is 9.52. The average molecular weight is 197 g/mol. The van der Waals surface area contributed by atoms with E-state index in [1.807, 2.05) is 0 Å². The van der Waals surface area contributed by atoms with E-state index in [1.165, 1.54) is 6.08 Å². The summed E-state index contributed by atoms with van der Waals surface area (Å²) in [5.41, 5.74) is -1.35. The first kappa shape index (κ1) is 11.0. The zero-order valence-corrected chi connectivity index (χ0v) is 7.48. The second-order valence-corrected chi connectivity index (χ2v) is 2.80. The Morgan fingerprint density at radius 3 is 2.09 bits per heavy atom. The molecule has 0 aromatic heterocycles. The molecule has 4 heteroatoms. The Bertz CT molecular complexity index is 135. The molecule has 1 unspecified atom stereocenters. The van der Waals surface area contributed by atoms with Gasteiger partial charge in [-0.3, -0.25) is 0 Å². The molecule has 0 aromatic rings. The predicted molar refractivity (Wildman–Crippen MR) is 46.1 cm³/mol. The zero-order chi connectivity index (χ0) is 8.91. The minimum Gasteiger partial charge on any atom is -0.386 e. The van der Waals surface area contributed by atoms with Gasteiger partial charge in [0, 0.05) is 0 Å². The van der Waals surface area contributed by atoms with Crippen LogP contribution >= 0.6 is 23.2 Å². The van der Waals surface area contributed by atoms with Crippen molar-refractivity contribution < 1.29 is 9.90 Å². The molecule has 0 heterocycles. The minimum atomic E-state index is -1.35. The second kappa shape index (κ2) is 4.75. The van der Waals surface area contributed by atoms with Crippen LogP contribution in [0.2, 0.25) is 0 Å². The lowest BCUT2D eigenvalue weighted by Gasteiger charge is -2.26. The van der Waals surface area contributed by atoms with Crippen molar-refractivity contribution in [1.82, 2.24) is 0 Å². The first-order valence-electron chi connectivity index (χ1n) is 3.06. The van der Waals surface area contributed by atoms with Gasteiger partial charge in [0.05, 0.1) is 17.7 Å². The molecule has 0 aliphatic carbocycles. The fourth-order valence-electron chi connectivity index (χ4n) is 0.615. The second-order valence-electron chi connectivity index (χ2n) is 2.27. The van der Waals surface area contributed by atoms with Crippen LogP contribution in [-0.2, 0) is 4.79 Å². The maximum Gasteiger partial charge on any atom is 0.129 e. The highest BCUT2D eigenvalue weighted by Gasteiger charge is 2.32. The molecule has 0 rings (SSSR count). The molecule has 0 bridgehead atoms. The standard InChI is InChI=1S/C7H10Cl2O2/c1-2-6(3-10)7(11,4-8)5-9/h2-3,6,11H,1,4-5H2. The van der Waals surface area contributed by atoms with Crippen molar-refractivity contribution in [2.45, 2.75) is 5.60 Å². The first-order chi connectivity index (χ1) is 5.14. The summed E-state index contributed by atoms with van der Waals surface area (Å²) < 4.78 is 0. The smallest absolute Gasteiger partial charge is 0.129 e. The van der Waals surface area contributed by atoms with Crippen LogP contribution in [0.25, 0.3) is 0 Å². The number of carbonyl (C=O) groups excluding carboxylic acids is 1. The van der Waals surface area contributed by atoms with Crippen LogP contribution in [0, 0.1) is 5.92 Å². The Kier molecular flexibility index (Phi) is 4.73. The van der Waals surface area contributed by atoms with Crippen molar-refractivity contribution in [3.63, 3.8) is 0 Å². The Hall–Kier alpha value is -0.0500. The van der Waals surface area contributed by atoms with Crippen LogP contribution < -0.4 is 0 Å². The van der Waals surface area contributed by atoms with Crippen molar-refractivity contribution in [3.05, 3.63) is 12.7 Å². The molecule has 0 aromatic carbocycles. The van der Waals surface area contributed by atoms with Crippen molar-refractivity contribution in [3.8, 4) is 0 Å². The summed E-state index contributed by atoms with van der Waals surface area (Å²) in [7, 11) is 0. The largest absolute Gasteiger partial charge is 0.386 e. The average Bonchev–Trinajstić information content (AvgIpc) is 2.06. The number of aldehydes is 1. The molecule has 0 radical (unpaired) electrons. The molecule has 1 N–H and O–H groups in total. The lowest BCUT2D eigenvalue weighted by Crippen LogP contribution is -2.41. The van der Waals surface area contributed by atoms with E-state index in [2.05, 4.69) is 6.58 Å². The normalized spacial score (nSPS) is 14.1. The van der Waals surface area contributed by atoms with Crippen molar-refractivity contribution in [1.29, 1.82) is 0 Å². The van der Waals surface area contributed by atoms with E-state index in [-0.39, 0.29) is 11.8 Å². The molecular weight excluding hydrogens is 187 g/mol. The van der Waals surface area contributed by atoms with Gasteiger partial charge < -0.3 is 9.90 Å². The summed E-state index contributed by atoms with van der Waals surface area (Å²) in [5.74, 6) is -0.852. The molecule has 0 aliphatic rings.